The summed E-state index contributed by atoms with van der Waals surface area (Å²) in [5, 5.41) is 13.3. The maximum atomic E-state index is 13.4. The first-order chi connectivity index (χ1) is 8.45. The summed E-state index contributed by atoms with van der Waals surface area (Å²) in [6, 6.07) is 2.89. The number of nitro benzene ring substituents is 1. The second-order valence-electron chi connectivity index (χ2n) is 3.68. The molecule has 0 radical (unpaired) electrons. The summed E-state index contributed by atoms with van der Waals surface area (Å²) in [6.45, 7) is 2.29. The summed E-state index contributed by atoms with van der Waals surface area (Å²) in [5.41, 5.74) is -0.614. The number of nitrogens with zero attached hydrogens (tertiary/aromatic N) is 1. The molecule has 1 amide bonds. The minimum absolute atomic E-state index is 0.190. The van der Waals surface area contributed by atoms with Crippen LogP contribution in [0.1, 0.15) is 17.3 Å². The molecule has 1 aromatic carbocycles. The van der Waals surface area contributed by atoms with Crippen molar-refractivity contribution in [2.24, 2.45) is 0 Å². The molecule has 5 nitrogen and oxygen atoms in total. The number of hydrogen-bond donors (Lipinski definition) is 1. The molecule has 1 unspecified atom stereocenters. The van der Waals surface area contributed by atoms with Crippen molar-refractivity contribution < 1.29 is 14.1 Å². The minimum atomic E-state index is -0.769. The standard InChI is InChI=1S/C11H13FN2O3S/c1-7(18-2)6-13-11(15)9-5-8(14(16)17)3-4-10(9)12/h3-5,7H,6H2,1-2H3,(H,13,15). The molecule has 1 N–H and O–H groups in total. The van der Waals surface area contributed by atoms with Crippen LogP contribution in [0.4, 0.5) is 10.1 Å². The normalized spacial score (nSPS) is 11.9. The Morgan fingerprint density at radius 3 is 2.83 bits per heavy atom. The van der Waals surface area contributed by atoms with Gasteiger partial charge >= 0.3 is 0 Å². The fourth-order valence-corrected chi connectivity index (χ4v) is 1.47. The van der Waals surface area contributed by atoms with E-state index < -0.39 is 16.6 Å². The summed E-state index contributed by atoms with van der Waals surface area (Å²) in [6.07, 6.45) is 1.89. The summed E-state index contributed by atoms with van der Waals surface area (Å²) < 4.78 is 13.4. The number of thioether (sulfide) groups is 1. The first kappa shape index (κ1) is 14.4. The molecule has 0 aliphatic rings. The van der Waals surface area contributed by atoms with E-state index in [0.717, 1.165) is 18.2 Å². The van der Waals surface area contributed by atoms with Gasteiger partial charge in [-0.1, -0.05) is 6.92 Å². The predicted molar refractivity (Wildman–Crippen MR) is 68.4 cm³/mol. The van der Waals surface area contributed by atoms with E-state index in [4.69, 9.17) is 0 Å². The molecule has 1 atom stereocenters. The van der Waals surface area contributed by atoms with Crippen LogP contribution in [0.3, 0.4) is 0 Å². The number of nitro groups is 1. The summed E-state index contributed by atoms with van der Waals surface area (Å²) in [5.74, 6) is -1.41. The number of carbonyl (C=O) groups is 1. The van der Waals surface area contributed by atoms with Crippen molar-refractivity contribution in [3.8, 4) is 0 Å². The second-order valence-corrected chi connectivity index (χ2v) is 4.95. The van der Waals surface area contributed by atoms with Gasteiger partial charge in [0.1, 0.15) is 5.82 Å². The van der Waals surface area contributed by atoms with Crippen LogP contribution in [0, 0.1) is 15.9 Å². The fraction of sp³-hybridized carbons (Fsp3) is 0.364. The molecule has 7 heteroatoms. The van der Waals surface area contributed by atoms with Gasteiger partial charge < -0.3 is 5.32 Å². The van der Waals surface area contributed by atoms with E-state index in [1.807, 2.05) is 13.2 Å². The molecule has 0 aromatic heterocycles. The first-order valence-corrected chi connectivity index (χ1v) is 6.49. The van der Waals surface area contributed by atoms with Gasteiger partial charge in [-0.3, -0.25) is 14.9 Å². The van der Waals surface area contributed by atoms with Crippen LogP contribution in [-0.4, -0.2) is 28.9 Å². The van der Waals surface area contributed by atoms with Gasteiger partial charge in [0.05, 0.1) is 10.5 Å². The number of nitrogens with one attached hydrogen (secondary N) is 1. The van der Waals surface area contributed by atoms with E-state index in [-0.39, 0.29) is 16.5 Å². The molecule has 98 valence electrons. The highest BCUT2D eigenvalue weighted by molar-refractivity contribution is 7.99. The quantitative estimate of drug-likeness (QED) is 0.659. The topological polar surface area (TPSA) is 72.2 Å². The third-order valence-electron chi connectivity index (χ3n) is 2.36. The van der Waals surface area contributed by atoms with E-state index in [1.54, 1.807) is 11.8 Å². The monoisotopic (exact) mass is 272 g/mol. The van der Waals surface area contributed by atoms with Gasteiger partial charge in [0.15, 0.2) is 0 Å². The Labute approximate surface area is 108 Å². The lowest BCUT2D eigenvalue weighted by atomic mass is 10.1. The molecule has 0 aliphatic carbocycles. The van der Waals surface area contributed by atoms with Crippen molar-refractivity contribution in [2.45, 2.75) is 12.2 Å². The second kappa shape index (κ2) is 6.34. The molecule has 1 aromatic rings. The lowest BCUT2D eigenvalue weighted by molar-refractivity contribution is -0.384. The Bertz CT molecular complexity index is 468. The minimum Gasteiger partial charge on any atom is -0.351 e. The third-order valence-corrected chi connectivity index (χ3v) is 3.33. The van der Waals surface area contributed by atoms with Crippen LogP contribution in [0.25, 0.3) is 0 Å². The Morgan fingerprint density at radius 1 is 1.61 bits per heavy atom. The number of halogens is 1. The number of non-ortho nitro benzene ring substituents is 1. The zero-order chi connectivity index (χ0) is 13.7. The fourth-order valence-electron chi connectivity index (χ4n) is 1.22. The van der Waals surface area contributed by atoms with Gasteiger partial charge in [-0.15, -0.1) is 0 Å². The van der Waals surface area contributed by atoms with Crippen molar-refractivity contribution in [1.29, 1.82) is 0 Å². The van der Waals surface area contributed by atoms with Gasteiger partial charge in [-0.25, -0.2) is 4.39 Å². The molecule has 0 heterocycles. The van der Waals surface area contributed by atoms with Crippen molar-refractivity contribution in [3.63, 3.8) is 0 Å². The highest BCUT2D eigenvalue weighted by Crippen LogP contribution is 2.16. The lowest BCUT2D eigenvalue weighted by Crippen LogP contribution is -2.30. The predicted octanol–water partition coefficient (Wildman–Crippen LogP) is 2.22. The van der Waals surface area contributed by atoms with Crippen molar-refractivity contribution in [2.75, 3.05) is 12.8 Å². The zero-order valence-corrected chi connectivity index (χ0v) is 10.8. The highest BCUT2D eigenvalue weighted by atomic mass is 32.2. The molecular formula is C11H13FN2O3S. The summed E-state index contributed by atoms with van der Waals surface area (Å²) in [7, 11) is 0. The Morgan fingerprint density at radius 2 is 2.28 bits per heavy atom. The maximum absolute atomic E-state index is 13.4. The molecule has 0 aliphatic heterocycles. The van der Waals surface area contributed by atoms with Gasteiger partial charge in [-0.05, 0) is 12.3 Å². The van der Waals surface area contributed by atoms with E-state index in [1.165, 1.54) is 0 Å². The van der Waals surface area contributed by atoms with Gasteiger partial charge in [-0.2, -0.15) is 11.8 Å². The number of hydrogen-bond acceptors (Lipinski definition) is 4. The van der Waals surface area contributed by atoms with Gasteiger partial charge in [0.2, 0.25) is 0 Å². The Kier molecular flexibility index (Phi) is 5.08. The van der Waals surface area contributed by atoms with Crippen molar-refractivity contribution >= 4 is 23.4 Å². The Balaban J connectivity index is 2.84. The van der Waals surface area contributed by atoms with Crippen molar-refractivity contribution in [3.05, 3.63) is 39.7 Å². The van der Waals surface area contributed by atoms with Crippen LogP contribution in [0.2, 0.25) is 0 Å². The molecule has 0 fully saturated rings. The van der Waals surface area contributed by atoms with Crippen LogP contribution in [0.15, 0.2) is 18.2 Å². The first-order valence-electron chi connectivity index (χ1n) is 5.20. The molecule has 0 saturated carbocycles. The highest BCUT2D eigenvalue weighted by Gasteiger charge is 2.17. The number of rotatable bonds is 5. The van der Waals surface area contributed by atoms with Gasteiger partial charge in [0.25, 0.3) is 11.6 Å². The average molecular weight is 272 g/mol. The summed E-state index contributed by atoms with van der Waals surface area (Å²) >= 11 is 1.56. The Hall–Kier alpha value is -1.63. The smallest absolute Gasteiger partial charge is 0.270 e. The number of benzene rings is 1. The molecule has 0 bridgehead atoms. The number of amides is 1. The number of carbonyl (C=O) groups excluding carboxylic acids is 1. The van der Waals surface area contributed by atoms with Crippen LogP contribution >= 0.6 is 11.8 Å². The molecule has 18 heavy (non-hydrogen) atoms. The SMILES string of the molecule is CSC(C)CNC(=O)c1cc([N+](=O)[O-])ccc1F. The van der Waals surface area contributed by atoms with E-state index in [0.29, 0.717) is 6.54 Å². The summed E-state index contributed by atoms with van der Waals surface area (Å²) in [4.78, 5) is 21.6. The average Bonchev–Trinajstić information content (AvgIpc) is 2.35. The van der Waals surface area contributed by atoms with E-state index >= 15 is 0 Å². The molecular weight excluding hydrogens is 259 g/mol. The van der Waals surface area contributed by atoms with Gasteiger partial charge in [0, 0.05) is 23.9 Å². The third kappa shape index (κ3) is 3.69. The zero-order valence-electron chi connectivity index (χ0n) is 9.97. The van der Waals surface area contributed by atoms with Crippen LogP contribution < -0.4 is 5.32 Å². The molecule has 1 rings (SSSR count). The lowest BCUT2D eigenvalue weighted by Gasteiger charge is -2.10. The maximum Gasteiger partial charge on any atom is 0.270 e. The van der Waals surface area contributed by atoms with E-state index in [9.17, 15) is 19.3 Å². The van der Waals surface area contributed by atoms with Crippen LogP contribution in [-0.2, 0) is 0 Å². The molecule has 0 saturated heterocycles. The largest absolute Gasteiger partial charge is 0.351 e. The van der Waals surface area contributed by atoms with Crippen molar-refractivity contribution in [1.82, 2.24) is 5.32 Å². The molecule has 0 spiro atoms. The van der Waals surface area contributed by atoms with Crippen LogP contribution in [0.5, 0.6) is 0 Å². The van der Waals surface area contributed by atoms with E-state index in [2.05, 4.69) is 5.32 Å².